The van der Waals surface area contributed by atoms with Crippen LogP contribution in [0.15, 0.2) is 42.5 Å². The van der Waals surface area contributed by atoms with E-state index in [9.17, 15) is 14.0 Å². The molecule has 3 aliphatic rings. The number of fused-ring (bicyclic) bond motifs is 1. The van der Waals surface area contributed by atoms with Crippen LogP contribution in [-0.4, -0.2) is 75.5 Å². The summed E-state index contributed by atoms with van der Waals surface area (Å²) in [6, 6.07) is 11.9. The summed E-state index contributed by atoms with van der Waals surface area (Å²) in [6.07, 6.45) is 1.23. The molecule has 2 amide bonds. The van der Waals surface area contributed by atoms with Crippen LogP contribution in [0.5, 0.6) is 0 Å². The standard InChI is InChI=1S/C27H33FN4O4/c1-29-27(34)36-24-4-2-3-18-7-10-21(31-11-13-32(14-12-31)22-16-35-17-22)15-23(18)25(24)30-26(33)19-5-8-20(28)9-6-19/h5-10,15,22,24-25H,2-4,11-14,16-17H2,1H3,(H,29,34)(H,30,33). The fraction of sp³-hybridized carbons (Fsp3) is 0.481. The van der Waals surface area contributed by atoms with Crippen molar-refractivity contribution in [1.29, 1.82) is 0 Å². The number of nitrogens with one attached hydrogen (secondary N) is 2. The number of amides is 2. The molecule has 1 aliphatic carbocycles. The van der Waals surface area contributed by atoms with Crippen molar-refractivity contribution in [1.82, 2.24) is 15.5 Å². The van der Waals surface area contributed by atoms with Crippen LogP contribution >= 0.6 is 0 Å². The molecule has 2 unspecified atom stereocenters. The number of rotatable bonds is 5. The maximum Gasteiger partial charge on any atom is 0.407 e. The topological polar surface area (TPSA) is 83.1 Å². The molecule has 2 N–H and O–H groups in total. The highest BCUT2D eigenvalue weighted by Crippen LogP contribution is 2.34. The van der Waals surface area contributed by atoms with Crippen molar-refractivity contribution in [3.8, 4) is 0 Å². The second kappa shape index (κ2) is 10.8. The third kappa shape index (κ3) is 5.32. The monoisotopic (exact) mass is 496 g/mol. The highest BCUT2D eigenvalue weighted by molar-refractivity contribution is 5.94. The first kappa shape index (κ1) is 24.5. The quantitative estimate of drug-likeness (QED) is 0.620. The van der Waals surface area contributed by atoms with Crippen molar-refractivity contribution in [3.63, 3.8) is 0 Å². The number of carbonyl (C=O) groups is 2. The molecule has 2 atom stereocenters. The Morgan fingerprint density at radius 2 is 1.81 bits per heavy atom. The molecule has 2 heterocycles. The molecule has 2 aliphatic heterocycles. The van der Waals surface area contributed by atoms with Gasteiger partial charge in [-0.2, -0.15) is 0 Å². The van der Waals surface area contributed by atoms with Crippen LogP contribution in [0.1, 0.15) is 40.4 Å². The van der Waals surface area contributed by atoms with Gasteiger partial charge in [0.15, 0.2) is 0 Å². The summed E-state index contributed by atoms with van der Waals surface area (Å²) in [6.45, 7) is 5.44. The first-order valence-corrected chi connectivity index (χ1v) is 12.7. The minimum atomic E-state index is -0.531. The first-order valence-electron chi connectivity index (χ1n) is 12.7. The number of hydrogen-bond acceptors (Lipinski definition) is 6. The van der Waals surface area contributed by atoms with Gasteiger partial charge in [0.2, 0.25) is 0 Å². The third-order valence-corrected chi connectivity index (χ3v) is 7.44. The molecule has 0 aromatic heterocycles. The minimum Gasteiger partial charge on any atom is -0.444 e. The van der Waals surface area contributed by atoms with Gasteiger partial charge < -0.3 is 25.0 Å². The van der Waals surface area contributed by atoms with E-state index in [0.717, 1.165) is 69.0 Å². The Morgan fingerprint density at radius 1 is 1.06 bits per heavy atom. The van der Waals surface area contributed by atoms with Gasteiger partial charge in [-0.1, -0.05) is 6.07 Å². The molecule has 0 bridgehead atoms. The number of hydrogen-bond donors (Lipinski definition) is 2. The molecular weight excluding hydrogens is 463 g/mol. The maximum atomic E-state index is 13.4. The van der Waals surface area contributed by atoms with Crippen molar-refractivity contribution in [2.75, 3.05) is 51.3 Å². The molecule has 36 heavy (non-hydrogen) atoms. The Hall–Kier alpha value is -3.17. The molecule has 2 aromatic rings. The third-order valence-electron chi connectivity index (χ3n) is 7.44. The van der Waals surface area contributed by atoms with Gasteiger partial charge in [0.1, 0.15) is 11.9 Å². The summed E-state index contributed by atoms with van der Waals surface area (Å²) in [5.41, 5.74) is 3.55. The number of halogens is 1. The molecule has 0 radical (unpaired) electrons. The zero-order valence-electron chi connectivity index (χ0n) is 20.5. The highest BCUT2D eigenvalue weighted by Gasteiger charge is 2.34. The molecule has 0 spiro atoms. The van der Waals surface area contributed by atoms with E-state index in [1.54, 1.807) is 0 Å². The second-order valence-corrected chi connectivity index (χ2v) is 9.64. The Bertz CT molecular complexity index is 1080. The van der Waals surface area contributed by atoms with Crippen LogP contribution in [-0.2, 0) is 15.9 Å². The number of piperazine rings is 1. The Labute approximate surface area is 210 Å². The second-order valence-electron chi connectivity index (χ2n) is 9.64. The fourth-order valence-corrected chi connectivity index (χ4v) is 5.26. The van der Waals surface area contributed by atoms with Gasteiger partial charge in [-0.3, -0.25) is 9.69 Å². The van der Waals surface area contributed by atoms with Gasteiger partial charge in [-0.25, -0.2) is 9.18 Å². The van der Waals surface area contributed by atoms with E-state index in [1.807, 2.05) is 0 Å². The smallest absolute Gasteiger partial charge is 0.407 e. The van der Waals surface area contributed by atoms with E-state index in [2.05, 4.69) is 38.6 Å². The molecule has 192 valence electrons. The zero-order chi connectivity index (χ0) is 25.1. The molecule has 2 fully saturated rings. The summed E-state index contributed by atoms with van der Waals surface area (Å²) in [5, 5.41) is 5.61. The molecular formula is C27H33FN4O4. The number of aryl methyl sites for hydroxylation is 1. The molecule has 2 saturated heterocycles. The lowest BCUT2D eigenvalue weighted by Gasteiger charge is -2.43. The lowest BCUT2D eigenvalue weighted by Crippen LogP contribution is -2.56. The SMILES string of the molecule is CNC(=O)OC1CCCc2ccc(N3CCN(C4COC4)CC3)cc2C1NC(=O)c1ccc(F)cc1. The lowest BCUT2D eigenvalue weighted by atomic mass is 9.95. The number of anilines is 1. The van der Waals surface area contributed by atoms with Gasteiger partial charge >= 0.3 is 6.09 Å². The van der Waals surface area contributed by atoms with Crippen molar-refractivity contribution >= 4 is 17.7 Å². The van der Waals surface area contributed by atoms with E-state index in [1.165, 1.54) is 31.3 Å². The number of alkyl carbamates (subject to hydrolysis) is 1. The molecule has 2 aromatic carbocycles. The maximum absolute atomic E-state index is 13.4. The number of carbonyl (C=O) groups excluding carboxylic acids is 2. The predicted molar refractivity (Wildman–Crippen MR) is 134 cm³/mol. The van der Waals surface area contributed by atoms with E-state index >= 15 is 0 Å². The first-order chi connectivity index (χ1) is 17.5. The van der Waals surface area contributed by atoms with E-state index in [-0.39, 0.29) is 5.91 Å². The van der Waals surface area contributed by atoms with Crippen LogP contribution in [0.25, 0.3) is 0 Å². The van der Waals surface area contributed by atoms with Gasteiger partial charge in [0, 0.05) is 44.5 Å². The average Bonchev–Trinajstić information content (AvgIpc) is 3.02. The minimum absolute atomic E-state index is 0.333. The highest BCUT2D eigenvalue weighted by atomic mass is 19.1. The van der Waals surface area contributed by atoms with Gasteiger partial charge in [0.25, 0.3) is 5.91 Å². The van der Waals surface area contributed by atoms with Crippen LogP contribution in [0.4, 0.5) is 14.9 Å². The summed E-state index contributed by atoms with van der Waals surface area (Å²) >= 11 is 0. The Morgan fingerprint density at radius 3 is 2.47 bits per heavy atom. The van der Waals surface area contributed by atoms with Crippen molar-refractivity contribution in [3.05, 3.63) is 65.0 Å². The Kier molecular flexibility index (Phi) is 7.38. The van der Waals surface area contributed by atoms with Gasteiger partial charge in [-0.05, 0) is 66.8 Å². The van der Waals surface area contributed by atoms with E-state index in [4.69, 9.17) is 9.47 Å². The van der Waals surface area contributed by atoms with E-state index < -0.39 is 24.1 Å². The Balaban J connectivity index is 1.41. The lowest BCUT2D eigenvalue weighted by molar-refractivity contribution is -0.0660. The number of benzene rings is 2. The van der Waals surface area contributed by atoms with Crippen LogP contribution in [0.2, 0.25) is 0 Å². The van der Waals surface area contributed by atoms with Crippen LogP contribution in [0, 0.1) is 5.82 Å². The van der Waals surface area contributed by atoms with Crippen LogP contribution < -0.4 is 15.5 Å². The number of ether oxygens (including phenoxy) is 2. The largest absolute Gasteiger partial charge is 0.444 e. The summed E-state index contributed by atoms with van der Waals surface area (Å²) in [7, 11) is 1.52. The van der Waals surface area contributed by atoms with Gasteiger partial charge in [0.05, 0.1) is 25.3 Å². The van der Waals surface area contributed by atoms with Crippen molar-refractivity contribution in [2.24, 2.45) is 0 Å². The molecule has 0 saturated carbocycles. The number of nitrogens with zero attached hydrogens (tertiary/aromatic N) is 2. The summed E-state index contributed by atoms with van der Waals surface area (Å²) in [4.78, 5) is 30.2. The summed E-state index contributed by atoms with van der Waals surface area (Å²) in [5.74, 6) is -0.734. The van der Waals surface area contributed by atoms with E-state index in [0.29, 0.717) is 18.0 Å². The molecule has 5 rings (SSSR count). The molecule has 9 heteroatoms. The predicted octanol–water partition coefficient (Wildman–Crippen LogP) is 2.88. The fourth-order valence-electron chi connectivity index (χ4n) is 5.26. The average molecular weight is 497 g/mol. The zero-order valence-corrected chi connectivity index (χ0v) is 20.5. The van der Waals surface area contributed by atoms with Gasteiger partial charge in [-0.15, -0.1) is 0 Å². The normalized spacial score (nSPS) is 22.7. The van der Waals surface area contributed by atoms with Crippen molar-refractivity contribution < 1.29 is 23.5 Å². The van der Waals surface area contributed by atoms with Crippen LogP contribution in [0.3, 0.4) is 0 Å². The molecule has 8 nitrogen and oxygen atoms in total. The summed E-state index contributed by atoms with van der Waals surface area (Å²) < 4.78 is 24.5. The van der Waals surface area contributed by atoms with Crippen molar-refractivity contribution in [2.45, 2.75) is 37.5 Å².